The van der Waals surface area contributed by atoms with Crippen molar-refractivity contribution in [2.45, 2.75) is 6.61 Å². The molecule has 0 aliphatic rings. The SMILES string of the molecule is COc1cccc(NC(=O)c2cc(COc3ccccc3OC)cs2)c1. The molecular weight excluding hydrogens is 350 g/mol. The highest BCUT2D eigenvalue weighted by molar-refractivity contribution is 7.12. The molecule has 0 saturated carbocycles. The minimum Gasteiger partial charge on any atom is -0.497 e. The van der Waals surface area contributed by atoms with E-state index in [9.17, 15) is 4.79 Å². The minimum absolute atomic E-state index is 0.160. The maximum Gasteiger partial charge on any atom is 0.265 e. The van der Waals surface area contributed by atoms with Gasteiger partial charge in [0, 0.05) is 17.3 Å². The van der Waals surface area contributed by atoms with Crippen LogP contribution in [0.4, 0.5) is 5.69 Å². The summed E-state index contributed by atoms with van der Waals surface area (Å²) in [6.07, 6.45) is 0. The summed E-state index contributed by atoms with van der Waals surface area (Å²) in [5, 5.41) is 4.78. The quantitative estimate of drug-likeness (QED) is 0.661. The number of ether oxygens (including phenoxy) is 3. The molecule has 0 aliphatic carbocycles. The topological polar surface area (TPSA) is 56.8 Å². The Balaban J connectivity index is 1.62. The summed E-state index contributed by atoms with van der Waals surface area (Å²) in [4.78, 5) is 13.0. The molecule has 0 radical (unpaired) electrons. The van der Waals surface area contributed by atoms with E-state index in [-0.39, 0.29) is 5.91 Å². The maximum absolute atomic E-state index is 12.4. The number of methoxy groups -OCH3 is 2. The molecule has 0 bridgehead atoms. The second kappa shape index (κ2) is 8.40. The molecule has 1 aromatic heterocycles. The molecule has 5 nitrogen and oxygen atoms in total. The zero-order valence-electron chi connectivity index (χ0n) is 14.5. The van der Waals surface area contributed by atoms with Gasteiger partial charge >= 0.3 is 0 Å². The van der Waals surface area contributed by atoms with Crippen LogP contribution < -0.4 is 19.5 Å². The third kappa shape index (κ3) is 4.34. The molecule has 0 atom stereocenters. The van der Waals surface area contributed by atoms with Crippen molar-refractivity contribution in [3.63, 3.8) is 0 Å². The average molecular weight is 369 g/mol. The van der Waals surface area contributed by atoms with Crippen LogP contribution in [0.5, 0.6) is 17.2 Å². The van der Waals surface area contributed by atoms with Crippen LogP contribution >= 0.6 is 11.3 Å². The lowest BCUT2D eigenvalue weighted by Crippen LogP contribution is -2.10. The van der Waals surface area contributed by atoms with Crippen LogP contribution in [0.25, 0.3) is 0 Å². The van der Waals surface area contributed by atoms with E-state index in [1.165, 1.54) is 11.3 Å². The van der Waals surface area contributed by atoms with Crippen LogP contribution in [-0.2, 0) is 6.61 Å². The van der Waals surface area contributed by atoms with Crippen LogP contribution in [0.2, 0.25) is 0 Å². The number of carbonyl (C=O) groups excluding carboxylic acids is 1. The van der Waals surface area contributed by atoms with Crippen LogP contribution in [-0.4, -0.2) is 20.1 Å². The molecule has 0 fully saturated rings. The number of para-hydroxylation sites is 2. The Morgan fingerprint density at radius 1 is 1.00 bits per heavy atom. The molecule has 0 aliphatic heterocycles. The first-order chi connectivity index (χ1) is 12.7. The molecule has 3 aromatic rings. The number of benzene rings is 2. The van der Waals surface area contributed by atoms with Crippen LogP contribution in [0, 0.1) is 0 Å². The Kier molecular flexibility index (Phi) is 5.76. The third-order valence-electron chi connectivity index (χ3n) is 3.67. The van der Waals surface area contributed by atoms with Crippen LogP contribution in [0.15, 0.2) is 60.0 Å². The van der Waals surface area contributed by atoms with Gasteiger partial charge in [0.25, 0.3) is 5.91 Å². The summed E-state index contributed by atoms with van der Waals surface area (Å²) in [6.45, 7) is 0.364. The standard InChI is InChI=1S/C20H19NO4S/c1-23-16-7-5-6-15(11-16)21-20(22)19-10-14(13-26-19)12-25-18-9-4-3-8-17(18)24-2/h3-11,13H,12H2,1-2H3,(H,21,22). The number of anilines is 1. The molecule has 1 N–H and O–H groups in total. The van der Waals surface area contributed by atoms with E-state index < -0.39 is 0 Å². The number of hydrogen-bond donors (Lipinski definition) is 1. The van der Waals surface area contributed by atoms with E-state index in [2.05, 4.69) is 5.32 Å². The van der Waals surface area contributed by atoms with Crippen molar-refractivity contribution >= 4 is 22.9 Å². The van der Waals surface area contributed by atoms with Gasteiger partial charge < -0.3 is 19.5 Å². The number of amides is 1. The van der Waals surface area contributed by atoms with Crippen molar-refractivity contribution in [3.8, 4) is 17.2 Å². The molecule has 0 unspecified atom stereocenters. The summed E-state index contributed by atoms with van der Waals surface area (Å²) in [5.74, 6) is 1.88. The summed E-state index contributed by atoms with van der Waals surface area (Å²) < 4.78 is 16.2. The van der Waals surface area contributed by atoms with Gasteiger partial charge in [-0.2, -0.15) is 0 Å². The van der Waals surface area contributed by atoms with Gasteiger partial charge in [-0.05, 0) is 35.7 Å². The van der Waals surface area contributed by atoms with Crippen molar-refractivity contribution < 1.29 is 19.0 Å². The highest BCUT2D eigenvalue weighted by atomic mass is 32.1. The molecule has 2 aromatic carbocycles. The van der Waals surface area contributed by atoms with E-state index in [0.717, 1.165) is 5.56 Å². The van der Waals surface area contributed by atoms with Gasteiger partial charge in [-0.3, -0.25) is 4.79 Å². The fourth-order valence-corrected chi connectivity index (χ4v) is 3.15. The number of nitrogens with one attached hydrogen (secondary N) is 1. The van der Waals surface area contributed by atoms with Crippen molar-refractivity contribution in [2.24, 2.45) is 0 Å². The van der Waals surface area contributed by atoms with Crippen molar-refractivity contribution in [3.05, 3.63) is 70.4 Å². The van der Waals surface area contributed by atoms with E-state index in [4.69, 9.17) is 14.2 Å². The van der Waals surface area contributed by atoms with Gasteiger partial charge in [0.1, 0.15) is 12.4 Å². The molecule has 0 spiro atoms. The van der Waals surface area contributed by atoms with Crippen molar-refractivity contribution in [2.75, 3.05) is 19.5 Å². The summed E-state index contributed by atoms with van der Waals surface area (Å²) in [7, 11) is 3.20. The molecule has 0 saturated heterocycles. The van der Waals surface area contributed by atoms with Gasteiger partial charge in [-0.25, -0.2) is 0 Å². The smallest absolute Gasteiger partial charge is 0.265 e. The van der Waals surface area contributed by atoms with Crippen molar-refractivity contribution in [1.82, 2.24) is 0 Å². The number of rotatable bonds is 7. The van der Waals surface area contributed by atoms with Gasteiger partial charge in [0.15, 0.2) is 11.5 Å². The summed E-state index contributed by atoms with van der Waals surface area (Å²) in [6, 6.07) is 16.5. The monoisotopic (exact) mass is 369 g/mol. The zero-order valence-corrected chi connectivity index (χ0v) is 15.3. The molecule has 1 heterocycles. The lowest BCUT2D eigenvalue weighted by atomic mass is 10.2. The highest BCUT2D eigenvalue weighted by Crippen LogP contribution is 2.27. The average Bonchev–Trinajstić information content (AvgIpc) is 3.16. The van der Waals surface area contributed by atoms with E-state index in [0.29, 0.717) is 34.4 Å². The first-order valence-corrected chi connectivity index (χ1v) is 8.86. The summed E-state index contributed by atoms with van der Waals surface area (Å²) in [5.41, 5.74) is 1.62. The Labute approximate surface area is 156 Å². The zero-order chi connectivity index (χ0) is 18.4. The fourth-order valence-electron chi connectivity index (χ4n) is 2.36. The molecule has 6 heteroatoms. The molecule has 26 heavy (non-hydrogen) atoms. The Morgan fingerprint density at radius 2 is 1.81 bits per heavy atom. The second-order valence-corrected chi connectivity index (χ2v) is 6.36. The predicted molar refractivity (Wildman–Crippen MR) is 103 cm³/mol. The Bertz CT molecular complexity index is 891. The predicted octanol–water partition coefficient (Wildman–Crippen LogP) is 4.60. The third-order valence-corrected chi connectivity index (χ3v) is 4.65. The van der Waals surface area contributed by atoms with E-state index in [1.807, 2.05) is 53.9 Å². The maximum atomic E-state index is 12.4. The summed E-state index contributed by atoms with van der Waals surface area (Å²) >= 11 is 1.38. The number of thiophene rings is 1. The van der Waals surface area contributed by atoms with Crippen LogP contribution in [0.3, 0.4) is 0 Å². The lowest BCUT2D eigenvalue weighted by Gasteiger charge is -2.09. The molecule has 134 valence electrons. The molecular formula is C20H19NO4S. The van der Waals surface area contributed by atoms with E-state index in [1.54, 1.807) is 20.3 Å². The van der Waals surface area contributed by atoms with Gasteiger partial charge in [-0.1, -0.05) is 18.2 Å². The van der Waals surface area contributed by atoms with Crippen molar-refractivity contribution in [1.29, 1.82) is 0 Å². The van der Waals surface area contributed by atoms with Gasteiger partial charge in [0.05, 0.1) is 19.1 Å². The first kappa shape index (κ1) is 17.8. The Hall–Kier alpha value is -2.99. The Morgan fingerprint density at radius 3 is 2.58 bits per heavy atom. The largest absolute Gasteiger partial charge is 0.497 e. The first-order valence-electron chi connectivity index (χ1n) is 7.98. The van der Waals surface area contributed by atoms with E-state index >= 15 is 0 Å². The highest BCUT2D eigenvalue weighted by Gasteiger charge is 2.11. The number of hydrogen-bond acceptors (Lipinski definition) is 5. The molecule has 1 amide bonds. The lowest BCUT2D eigenvalue weighted by molar-refractivity contribution is 0.103. The van der Waals surface area contributed by atoms with Crippen LogP contribution in [0.1, 0.15) is 15.2 Å². The van der Waals surface area contributed by atoms with Gasteiger partial charge in [0.2, 0.25) is 0 Å². The van der Waals surface area contributed by atoms with Gasteiger partial charge in [-0.15, -0.1) is 11.3 Å². The molecule has 3 rings (SSSR count). The fraction of sp³-hybridized carbons (Fsp3) is 0.150. The second-order valence-electron chi connectivity index (χ2n) is 5.44. The minimum atomic E-state index is -0.160. The normalized spacial score (nSPS) is 10.2. The number of carbonyl (C=O) groups is 1.